The minimum absolute atomic E-state index is 0.303. The lowest BCUT2D eigenvalue weighted by molar-refractivity contribution is 0.489. The van der Waals surface area contributed by atoms with Crippen molar-refractivity contribution >= 4 is 22.1 Å². The number of hydrogen-bond donors (Lipinski definition) is 3. The Hall–Kier alpha value is -4.50. The van der Waals surface area contributed by atoms with Crippen LogP contribution in [0.1, 0.15) is 36.8 Å². The first-order chi connectivity index (χ1) is 19.6. The number of pyridine rings is 3. The van der Waals surface area contributed by atoms with Crippen molar-refractivity contribution < 1.29 is 4.39 Å². The second-order valence-electron chi connectivity index (χ2n) is 10.7. The molecular formula is C31H29FN8. The van der Waals surface area contributed by atoms with E-state index >= 15 is 0 Å². The number of aromatic nitrogens is 7. The van der Waals surface area contributed by atoms with Crippen LogP contribution in [0.2, 0.25) is 0 Å². The van der Waals surface area contributed by atoms with Gasteiger partial charge in [0.05, 0.1) is 22.4 Å². The average Bonchev–Trinajstić information content (AvgIpc) is 3.71. The van der Waals surface area contributed by atoms with Crippen molar-refractivity contribution in [2.45, 2.75) is 39.2 Å². The quantitative estimate of drug-likeness (QED) is 0.221. The Morgan fingerprint density at radius 2 is 1.80 bits per heavy atom. The van der Waals surface area contributed by atoms with E-state index < -0.39 is 0 Å². The van der Waals surface area contributed by atoms with E-state index in [-0.39, 0.29) is 5.82 Å². The van der Waals surface area contributed by atoms with E-state index in [1.165, 1.54) is 37.8 Å². The highest BCUT2D eigenvalue weighted by Gasteiger charge is 2.18. The first kappa shape index (κ1) is 24.5. The van der Waals surface area contributed by atoms with E-state index in [9.17, 15) is 4.39 Å². The third kappa shape index (κ3) is 4.73. The average molecular weight is 533 g/mol. The van der Waals surface area contributed by atoms with Crippen molar-refractivity contribution in [1.82, 2.24) is 40.4 Å². The van der Waals surface area contributed by atoms with Crippen molar-refractivity contribution in [2.75, 3.05) is 6.54 Å². The lowest BCUT2D eigenvalue weighted by Gasteiger charge is -2.11. The molecule has 1 aromatic carbocycles. The maximum absolute atomic E-state index is 14.2. The maximum atomic E-state index is 14.2. The van der Waals surface area contributed by atoms with Crippen molar-refractivity contribution in [3.63, 3.8) is 0 Å². The number of nitrogens with one attached hydrogen (secondary N) is 3. The number of fused-ring (bicyclic) bond motifs is 2. The fourth-order valence-electron chi connectivity index (χ4n) is 5.72. The summed E-state index contributed by atoms with van der Waals surface area (Å²) in [7, 11) is 0. The van der Waals surface area contributed by atoms with Gasteiger partial charge in [0, 0.05) is 36.3 Å². The molecule has 1 saturated carbocycles. The molecule has 8 nitrogen and oxygen atoms in total. The fraction of sp³-hybridized carbons (Fsp3) is 0.258. The number of rotatable bonds is 7. The van der Waals surface area contributed by atoms with Gasteiger partial charge in [-0.05, 0) is 85.8 Å². The Bertz CT molecular complexity index is 1810. The Kier molecular flexibility index (Phi) is 6.28. The molecule has 1 fully saturated rings. The SMILES string of the molecule is Cc1cc(F)cc(-c2nccc3[nH]c(-c4n[nH]c5ccc(-c6cncc(CNCC7CCCC7)c6)nc45)nc23)c1. The van der Waals surface area contributed by atoms with Gasteiger partial charge in [0.25, 0.3) is 0 Å². The number of H-pyrrole nitrogens is 2. The number of aromatic amines is 2. The molecule has 1 aliphatic carbocycles. The molecule has 1 aliphatic rings. The summed E-state index contributed by atoms with van der Waals surface area (Å²) in [6.07, 6.45) is 10.8. The number of nitrogens with zero attached hydrogens (tertiary/aromatic N) is 5. The summed E-state index contributed by atoms with van der Waals surface area (Å²) in [5.41, 5.74) is 8.57. The molecule has 0 unspecified atom stereocenters. The van der Waals surface area contributed by atoms with Crippen LogP contribution in [0.15, 0.2) is 61.1 Å². The summed E-state index contributed by atoms with van der Waals surface area (Å²) in [4.78, 5) is 22.2. The minimum Gasteiger partial charge on any atom is -0.336 e. The molecular weight excluding hydrogens is 503 g/mol. The molecule has 0 radical (unpaired) electrons. The van der Waals surface area contributed by atoms with Crippen LogP contribution in [0.4, 0.5) is 4.39 Å². The van der Waals surface area contributed by atoms with Crippen molar-refractivity contribution in [3.8, 4) is 34.0 Å². The van der Waals surface area contributed by atoms with Crippen molar-refractivity contribution in [3.05, 3.63) is 78.0 Å². The number of benzene rings is 1. The highest BCUT2D eigenvalue weighted by atomic mass is 19.1. The van der Waals surface area contributed by atoms with Gasteiger partial charge in [0.15, 0.2) is 11.5 Å². The zero-order valence-corrected chi connectivity index (χ0v) is 22.2. The van der Waals surface area contributed by atoms with E-state index in [0.717, 1.165) is 52.4 Å². The molecule has 9 heteroatoms. The van der Waals surface area contributed by atoms with Gasteiger partial charge in [-0.15, -0.1) is 0 Å². The molecule has 200 valence electrons. The van der Waals surface area contributed by atoms with Crippen LogP contribution >= 0.6 is 0 Å². The lowest BCUT2D eigenvalue weighted by Crippen LogP contribution is -2.20. The highest BCUT2D eigenvalue weighted by molar-refractivity contribution is 5.95. The normalized spacial score (nSPS) is 14.1. The Morgan fingerprint density at radius 3 is 2.67 bits per heavy atom. The summed E-state index contributed by atoms with van der Waals surface area (Å²) in [5, 5.41) is 11.2. The van der Waals surface area contributed by atoms with Crippen molar-refractivity contribution in [1.29, 1.82) is 0 Å². The second kappa shape index (κ2) is 10.2. The zero-order valence-electron chi connectivity index (χ0n) is 22.2. The molecule has 0 spiro atoms. The standard InChI is InChI=1S/C31H29FN8/c1-18-10-21(13-23(32)11-18)27-28-25(8-9-35-27)37-31(38-28)30-29-26(39-40-30)7-6-24(36-29)22-12-20(16-34-17-22)15-33-14-19-4-2-3-5-19/h6-13,16-17,19,33H,2-5,14-15H2,1H3,(H,37,38)(H,39,40). The van der Waals surface area contributed by atoms with Gasteiger partial charge in [-0.1, -0.05) is 12.8 Å². The van der Waals surface area contributed by atoms with Crippen LogP contribution in [-0.4, -0.2) is 41.7 Å². The van der Waals surface area contributed by atoms with Crippen LogP contribution < -0.4 is 5.32 Å². The molecule has 0 atom stereocenters. The Balaban J connectivity index is 1.21. The smallest absolute Gasteiger partial charge is 0.161 e. The Labute approximate surface area is 230 Å². The summed E-state index contributed by atoms with van der Waals surface area (Å²) >= 11 is 0. The first-order valence-electron chi connectivity index (χ1n) is 13.7. The monoisotopic (exact) mass is 532 g/mol. The molecule has 5 heterocycles. The summed E-state index contributed by atoms with van der Waals surface area (Å²) in [6, 6.07) is 12.8. The van der Waals surface area contributed by atoms with Gasteiger partial charge in [0.2, 0.25) is 0 Å². The van der Waals surface area contributed by atoms with Crippen LogP contribution in [-0.2, 0) is 6.54 Å². The largest absolute Gasteiger partial charge is 0.336 e. The summed E-state index contributed by atoms with van der Waals surface area (Å²) in [6.45, 7) is 3.71. The first-order valence-corrected chi connectivity index (χ1v) is 13.7. The van der Waals surface area contributed by atoms with E-state index in [1.807, 2.05) is 43.6 Å². The molecule has 5 aromatic heterocycles. The predicted octanol–water partition coefficient (Wildman–Crippen LogP) is 6.35. The maximum Gasteiger partial charge on any atom is 0.161 e. The molecule has 6 aromatic rings. The summed E-state index contributed by atoms with van der Waals surface area (Å²) in [5.74, 6) is 1.06. The van der Waals surface area contributed by atoms with E-state index in [2.05, 4.69) is 36.5 Å². The van der Waals surface area contributed by atoms with Gasteiger partial charge in [-0.3, -0.25) is 15.1 Å². The van der Waals surface area contributed by atoms with Gasteiger partial charge >= 0.3 is 0 Å². The predicted molar refractivity (Wildman–Crippen MR) is 154 cm³/mol. The molecule has 0 aliphatic heterocycles. The Morgan fingerprint density at radius 1 is 0.925 bits per heavy atom. The van der Waals surface area contributed by atoms with Gasteiger partial charge in [-0.2, -0.15) is 5.10 Å². The topological polar surface area (TPSA) is 108 Å². The number of halogens is 1. The van der Waals surface area contributed by atoms with Gasteiger partial charge in [0.1, 0.15) is 16.9 Å². The van der Waals surface area contributed by atoms with Gasteiger partial charge in [-0.25, -0.2) is 14.4 Å². The van der Waals surface area contributed by atoms with Gasteiger partial charge < -0.3 is 10.3 Å². The highest BCUT2D eigenvalue weighted by Crippen LogP contribution is 2.31. The van der Waals surface area contributed by atoms with E-state index in [1.54, 1.807) is 6.20 Å². The van der Waals surface area contributed by atoms with Crippen LogP contribution in [0.3, 0.4) is 0 Å². The van der Waals surface area contributed by atoms with Crippen LogP contribution in [0.5, 0.6) is 0 Å². The summed E-state index contributed by atoms with van der Waals surface area (Å²) < 4.78 is 14.2. The number of aryl methyl sites for hydroxylation is 1. The third-order valence-electron chi connectivity index (χ3n) is 7.68. The molecule has 0 bridgehead atoms. The van der Waals surface area contributed by atoms with E-state index in [4.69, 9.17) is 9.97 Å². The second-order valence-corrected chi connectivity index (χ2v) is 10.7. The molecule has 3 N–H and O–H groups in total. The molecule has 0 amide bonds. The van der Waals surface area contributed by atoms with Crippen molar-refractivity contribution in [2.24, 2.45) is 5.92 Å². The molecule has 7 rings (SSSR count). The molecule has 0 saturated heterocycles. The van der Waals surface area contributed by atoms with E-state index in [0.29, 0.717) is 33.8 Å². The fourth-order valence-corrected chi connectivity index (χ4v) is 5.72. The zero-order chi connectivity index (χ0) is 27.1. The number of hydrogen-bond acceptors (Lipinski definition) is 6. The number of imidazole rings is 1. The minimum atomic E-state index is -0.303. The van der Waals surface area contributed by atoms with Crippen LogP contribution in [0, 0.1) is 18.7 Å². The lowest BCUT2D eigenvalue weighted by atomic mass is 10.1. The molecule has 40 heavy (non-hydrogen) atoms. The van der Waals surface area contributed by atoms with Crippen LogP contribution in [0.25, 0.3) is 56.1 Å². The third-order valence-corrected chi connectivity index (χ3v) is 7.68.